The van der Waals surface area contributed by atoms with Crippen LogP contribution in [-0.4, -0.2) is 17.4 Å². The summed E-state index contributed by atoms with van der Waals surface area (Å²) < 4.78 is 0. The van der Waals surface area contributed by atoms with E-state index in [1.54, 1.807) is 12.1 Å². The average Bonchev–Trinajstić information content (AvgIpc) is 2.14. The highest BCUT2D eigenvalue weighted by atomic mass is 35.5. The van der Waals surface area contributed by atoms with Crippen LogP contribution in [0.25, 0.3) is 0 Å². The standard InChI is InChI=1S/C9H9ClN2O/c1-2-3-12-9(13)7-4-8(10)6-11-5-7/h2,4-6H,1,3H2,(H,12,13). The van der Waals surface area contributed by atoms with Gasteiger partial charge in [-0.15, -0.1) is 6.58 Å². The number of nitrogens with one attached hydrogen (secondary N) is 1. The topological polar surface area (TPSA) is 42.0 Å². The van der Waals surface area contributed by atoms with Crippen LogP contribution in [0.1, 0.15) is 10.4 Å². The van der Waals surface area contributed by atoms with E-state index in [9.17, 15) is 4.79 Å². The minimum absolute atomic E-state index is 0.199. The minimum atomic E-state index is -0.199. The first kappa shape index (κ1) is 9.74. The average molecular weight is 197 g/mol. The molecule has 68 valence electrons. The number of pyridine rings is 1. The number of nitrogens with zero attached hydrogens (tertiary/aromatic N) is 1. The number of carbonyl (C=O) groups is 1. The van der Waals surface area contributed by atoms with Crippen LogP contribution in [0, 0.1) is 0 Å². The summed E-state index contributed by atoms with van der Waals surface area (Å²) >= 11 is 5.66. The van der Waals surface area contributed by atoms with E-state index in [1.165, 1.54) is 12.4 Å². The van der Waals surface area contributed by atoms with Gasteiger partial charge in [0, 0.05) is 18.9 Å². The van der Waals surface area contributed by atoms with Crippen molar-refractivity contribution in [2.45, 2.75) is 0 Å². The normalized spacial score (nSPS) is 9.31. The lowest BCUT2D eigenvalue weighted by Crippen LogP contribution is -2.23. The first-order valence-electron chi connectivity index (χ1n) is 3.73. The molecule has 1 amide bonds. The molecular weight excluding hydrogens is 188 g/mol. The van der Waals surface area contributed by atoms with E-state index < -0.39 is 0 Å². The SMILES string of the molecule is C=CCNC(=O)c1cncc(Cl)c1. The van der Waals surface area contributed by atoms with Crippen molar-refractivity contribution in [1.82, 2.24) is 10.3 Å². The molecule has 0 aromatic carbocycles. The molecule has 4 heteroatoms. The van der Waals surface area contributed by atoms with Crippen LogP contribution in [0.15, 0.2) is 31.1 Å². The lowest BCUT2D eigenvalue weighted by atomic mass is 10.3. The number of rotatable bonds is 3. The van der Waals surface area contributed by atoms with Gasteiger partial charge in [-0.1, -0.05) is 17.7 Å². The highest BCUT2D eigenvalue weighted by Crippen LogP contribution is 2.07. The van der Waals surface area contributed by atoms with Crippen LogP contribution in [0.3, 0.4) is 0 Å². The Labute approximate surface area is 81.4 Å². The maximum Gasteiger partial charge on any atom is 0.253 e. The number of halogens is 1. The first-order valence-corrected chi connectivity index (χ1v) is 4.11. The smallest absolute Gasteiger partial charge is 0.253 e. The highest BCUT2D eigenvalue weighted by molar-refractivity contribution is 6.30. The fourth-order valence-electron chi connectivity index (χ4n) is 0.803. The molecule has 1 heterocycles. The number of hydrogen-bond donors (Lipinski definition) is 1. The second-order valence-corrected chi connectivity index (χ2v) is 2.83. The fourth-order valence-corrected chi connectivity index (χ4v) is 0.977. The summed E-state index contributed by atoms with van der Waals surface area (Å²) in [5.74, 6) is -0.199. The van der Waals surface area contributed by atoms with E-state index in [0.717, 1.165) is 0 Å². The van der Waals surface area contributed by atoms with Crippen molar-refractivity contribution in [2.75, 3.05) is 6.54 Å². The maximum atomic E-state index is 11.3. The van der Waals surface area contributed by atoms with Gasteiger partial charge in [0.2, 0.25) is 0 Å². The van der Waals surface area contributed by atoms with Crippen LogP contribution in [0.2, 0.25) is 5.02 Å². The predicted octanol–water partition coefficient (Wildman–Crippen LogP) is 1.65. The Morgan fingerprint density at radius 3 is 3.08 bits per heavy atom. The molecule has 1 rings (SSSR count). The van der Waals surface area contributed by atoms with E-state index in [-0.39, 0.29) is 5.91 Å². The van der Waals surface area contributed by atoms with Crippen LogP contribution >= 0.6 is 11.6 Å². The van der Waals surface area contributed by atoms with Gasteiger partial charge in [-0.25, -0.2) is 0 Å². The van der Waals surface area contributed by atoms with Crippen LogP contribution in [0.4, 0.5) is 0 Å². The zero-order chi connectivity index (χ0) is 9.68. The summed E-state index contributed by atoms with van der Waals surface area (Å²) in [5.41, 5.74) is 0.453. The molecule has 0 fully saturated rings. The Balaban J connectivity index is 2.71. The predicted molar refractivity (Wildman–Crippen MR) is 51.8 cm³/mol. The van der Waals surface area contributed by atoms with Gasteiger partial charge in [0.15, 0.2) is 0 Å². The Bertz CT molecular complexity index is 325. The van der Waals surface area contributed by atoms with Gasteiger partial charge in [-0.3, -0.25) is 9.78 Å². The summed E-state index contributed by atoms with van der Waals surface area (Å²) in [7, 11) is 0. The number of amides is 1. The molecule has 0 radical (unpaired) electrons. The lowest BCUT2D eigenvalue weighted by Gasteiger charge is -2.01. The van der Waals surface area contributed by atoms with Crippen molar-refractivity contribution in [3.63, 3.8) is 0 Å². The maximum absolute atomic E-state index is 11.3. The third-order valence-electron chi connectivity index (χ3n) is 1.37. The van der Waals surface area contributed by atoms with Crippen LogP contribution in [-0.2, 0) is 0 Å². The molecule has 0 atom stereocenters. The molecule has 0 unspecified atom stereocenters. The number of carbonyl (C=O) groups excluding carboxylic acids is 1. The van der Waals surface area contributed by atoms with E-state index >= 15 is 0 Å². The van der Waals surface area contributed by atoms with Gasteiger partial charge in [-0.05, 0) is 6.07 Å². The van der Waals surface area contributed by atoms with Crippen molar-refractivity contribution < 1.29 is 4.79 Å². The Kier molecular flexibility index (Phi) is 3.46. The Morgan fingerprint density at radius 2 is 2.46 bits per heavy atom. The monoisotopic (exact) mass is 196 g/mol. The van der Waals surface area contributed by atoms with Gasteiger partial charge < -0.3 is 5.32 Å². The summed E-state index contributed by atoms with van der Waals surface area (Å²) in [4.78, 5) is 15.1. The molecule has 0 spiro atoms. The minimum Gasteiger partial charge on any atom is -0.349 e. The molecule has 1 N–H and O–H groups in total. The van der Waals surface area contributed by atoms with Gasteiger partial charge in [-0.2, -0.15) is 0 Å². The summed E-state index contributed by atoms with van der Waals surface area (Å²) in [6.07, 6.45) is 4.55. The van der Waals surface area contributed by atoms with E-state index in [2.05, 4.69) is 16.9 Å². The van der Waals surface area contributed by atoms with Gasteiger partial charge >= 0.3 is 0 Å². The Morgan fingerprint density at radius 1 is 1.69 bits per heavy atom. The van der Waals surface area contributed by atoms with Gasteiger partial charge in [0.25, 0.3) is 5.91 Å². The highest BCUT2D eigenvalue weighted by Gasteiger charge is 2.03. The quantitative estimate of drug-likeness (QED) is 0.747. The van der Waals surface area contributed by atoms with Gasteiger partial charge in [0.05, 0.1) is 10.6 Å². The molecule has 3 nitrogen and oxygen atoms in total. The molecule has 1 aromatic heterocycles. The largest absolute Gasteiger partial charge is 0.349 e. The zero-order valence-electron chi connectivity index (χ0n) is 6.96. The second-order valence-electron chi connectivity index (χ2n) is 2.39. The molecule has 0 aliphatic heterocycles. The Hall–Kier alpha value is -1.35. The number of hydrogen-bond acceptors (Lipinski definition) is 2. The molecule has 0 aliphatic carbocycles. The van der Waals surface area contributed by atoms with Crippen molar-refractivity contribution in [3.8, 4) is 0 Å². The second kappa shape index (κ2) is 4.62. The molecule has 1 aromatic rings. The first-order chi connectivity index (χ1) is 6.24. The third-order valence-corrected chi connectivity index (χ3v) is 1.58. The van der Waals surface area contributed by atoms with Crippen molar-refractivity contribution in [3.05, 3.63) is 41.7 Å². The summed E-state index contributed by atoms with van der Waals surface area (Å²) in [5, 5.41) is 3.07. The third kappa shape index (κ3) is 2.87. The van der Waals surface area contributed by atoms with Gasteiger partial charge in [0.1, 0.15) is 0 Å². The summed E-state index contributed by atoms with van der Waals surface area (Å²) in [6, 6.07) is 1.56. The van der Waals surface area contributed by atoms with E-state index in [1.807, 2.05) is 0 Å². The molecule has 0 aliphatic rings. The number of aromatic nitrogens is 1. The van der Waals surface area contributed by atoms with E-state index in [4.69, 9.17) is 11.6 Å². The molecule has 0 bridgehead atoms. The van der Waals surface area contributed by atoms with Crippen molar-refractivity contribution in [1.29, 1.82) is 0 Å². The lowest BCUT2D eigenvalue weighted by molar-refractivity contribution is 0.0957. The molecule has 0 saturated carbocycles. The van der Waals surface area contributed by atoms with E-state index in [0.29, 0.717) is 17.1 Å². The fraction of sp³-hybridized carbons (Fsp3) is 0.111. The zero-order valence-corrected chi connectivity index (χ0v) is 7.71. The molecule has 13 heavy (non-hydrogen) atoms. The van der Waals surface area contributed by atoms with Crippen molar-refractivity contribution >= 4 is 17.5 Å². The molecule has 0 saturated heterocycles. The van der Waals surface area contributed by atoms with Crippen LogP contribution in [0.5, 0.6) is 0 Å². The summed E-state index contributed by atoms with van der Waals surface area (Å²) in [6.45, 7) is 3.92. The van der Waals surface area contributed by atoms with Crippen LogP contribution < -0.4 is 5.32 Å². The van der Waals surface area contributed by atoms with Crippen molar-refractivity contribution in [2.24, 2.45) is 0 Å². The molecular formula is C9H9ClN2O.